The third kappa shape index (κ3) is 6.13. The van der Waals surface area contributed by atoms with Crippen molar-refractivity contribution in [3.05, 3.63) is 18.0 Å². The van der Waals surface area contributed by atoms with Gasteiger partial charge in [-0.25, -0.2) is 0 Å². The van der Waals surface area contributed by atoms with Crippen molar-refractivity contribution in [1.82, 2.24) is 15.1 Å². The van der Waals surface area contributed by atoms with E-state index >= 15 is 0 Å². The Morgan fingerprint density at radius 2 is 2.24 bits per heavy atom. The Morgan fingerprint density at radius 3 is 2.82 bits per heavy atom. The molecule has 0 aromatic carbocycles. The average Bonchev–Trinajstić information content (AvgIpc) is 2.72. The Kier molecular flexibility index (Phi) is 7.37. The molecule has 0 saturated heterocycles. The molecule has 98 valence electrons. The van der Waals surface area contributed by atoms with Gasteiger partial charge in [-0.05, 0) is 37.1 Å². The van der Waals surface area contributed by atoms with Crippen molar-refractivity contribution in [2.24, 2.45) is 7.05 Å². The molecular weight excluding hydrogens is 230 g/mol. The van der Waals surface area contributed by atoms with E-state index in [1.807, 2.05) is 29.7 Å². The van der Waals surface area contributed by atoms with E-state index in [9.17, 15) is 0 Å². The van der Waals surface area contributed by atoms with Crippen LogP contribution in [0.25, 0.3) is 0 Å². The number of aryl methyl sites for hydroxylation is 1. The van der Waals surface area contributed by atoms with Crippen molar-refractivity contribution in [3.63, 3.8) is 0 Å². The van der Waals surface area contributed by atoms with Crippen LogP contribution < -0.4 is 5.32 Å². The lowest BCUT2D eigenvalue weighted by Gasteiger charge is -2.17. The van der Waals surface area contributed by atoms with Crippen LogP contribution in [0.5, 0.6) is 0 Å². The first-order valence-electron chi connectivity index (χ1n) is 6.54. The maximum atomic E-state index is 4.23. The van der Waals surface area contributed by atoms with Crippen molar-refractivity contribution in [2.45, 2.75) is 39.2 Å². The van der Waals surface area contributed by atoms with Crippen LogP contribution in [-0.2, 0) is 13.5 Å². The highest BCUT2D eigenvalue weighted by atomic mass is 32.2. The summed E-state index contributed by atoms with van der Waals surface area (Å²) in [5, 5.41) is 7.86. The van der Waals surface area contributed by atoms with Gasteiger partial charge in [0, 0.05) is 25.0 Å². The Hall–Kier alpha value is -0.480. The molecule has 0 radical (unpaired) electrons. The molecule has 1 aromatic heterocycles. The topological polar surface area (TPSA) is 29.9 Å². The minimum atomic E-state index is 0.579. The Balaban J connectivity index is 2.38. The van der Waals surface area contributed by atoms with Crippen molar-refractivity contribution < 1.29 is 0 Å². The first-order chi connectivity index (χ1) is 8.26. The molecule has 1 atom stereocenters. The maximum absolute atomic E-state index is 4.23. The second kappa shape index (κ2) is 8.59. The summed E-state index contributed by atoms with van der Waals surface area (Å²) in [5.41, 5.74) is 1.33. The molecule has 17 heavy (non-hydrogen) atoms. The smallest absolute Gasteiger partial charge is 0.0522 e. The first-order valence-corrected chi connectivity index (χ1v) is 7.70. The quantitative estimate of drug-likeness (QED) is 0.688. The molecule has 0 bridgehead atoms. The van der Waals surface area contributed by atoms with Crippen LogP contribution in [0.1, 0.15) is 32.3 Å². The molecule has 3 nitrogen and oxygen atoms in total. The van der Waals surface area contributed by atoms with Gasteiger partial charge in [0.2, 0.25) is 0 Å². The third-order valence-electron chi connectivity index (χ3n) is 2.59. The number of hydrogen-bond acceptors (Lipinski definition) is 3. The van der Waals surface area contributed by atoms with Gasteiger partial charge in [-0.1, -0.05) is 13.8 Å². The zero-order valence-electron chi connectivity index (χ0n) is 11.3. The monoisotopic (exact) mass is 255 g/mol. The van der Waals surface area contributed by atoms with Gasteiger partial charge < -0.3 is 5.32 Å². The van der Waals surface area contributed by atoms with Crippen molar-refractivity contribution in [3.8, 4) is 0 Å². The van der Waals surface area contributed by atoms with Gasteiger partial charge in [-0.15, -0.1) is 0 Å². The lowest BCUT2D eigenvalue weighted by molar-refractivity contribution is 0.550. The Labute approximate surface area is 109 Å². The molecule has 0 aliphatic carbocycles. The zero-order valence-corrected chi connectivity index (χ0v) is 12.1. The summed E-state index contributed by atoms with van der Waals surface area (Å²) >= 11 is 2.05. The normalized spacial score (nSPS) is 12.9. The van der Waals surface area contributed by atoms with E-state index < -0.39 is 0 Å². The molecule has 0 aliphatic rings. The van der Waals surface area contributed by atoms with Gasteiger partial charge in [0.05, 0.1) is 6.20 Å². The van der Waals surface area contributed by atoms with Crippen molar-refractivity contribution in [1.29, 1.82) is 0 Å². The zero-order chi connectivity index (χ0) is 12.5. The largest absolute Gasteiger partial charge is 0.313 e. The predicted molar refractivity (Wildman–Crippen MR) is 76.6 cm³/mol. The fraction of sp³-hybridized carbons (Fsp3) is 0.769. The maximum Gasteiger partial charge on any atom is 0.0522 e. The molecule has 1 heterocycles. The summed E-state index contributed by atoms with van der Waals surface area (Å²) in [4.78, 5) is 0. The first kappa shape index (κ1) is 14.6. The summed E-state index contributed by atoms with van der Waals surface area (Å²) in [7, 11) is 1.98. The second-order valence-electron chi connectivity index (χ2n) is 4.45. The van der Waals surface area contributed by atoms with Crippen LogP contribution in [0.15, 0.2) is 12.4 Å². The van der Waals surface area contributed by atoms with Crippen LogP contribution in [-0.4, -0.2) is 33.9 Å². The molecule has 0 saturated carbocycles. The Bertz CT molecular complexity index is 299. The number of nitrogens with zero attached hydrogens (tertiary/aromatic N) is 2. The highest BCUT2D eigenvalue weighted by molar-refractivity contribution is 7.99. The highest BCUT2D eigenvalue weighted by Crippen LogP contribution is 2.09. The molecule has 1 aromatic rings. The number of hydrogen-bond donors (Lipinski definition) is 1. The van der Waals surface area contributed by atoms with E-state index in [4.69, 9.17) is 0 Å². The number of aromatic nitrogens is 2. The third-order valence-corrected chi connectivity index (χ3v) is 3.93. The summed E-state index contributed by atoms with van der Waals surface area (Å²) in [5.74, 6) is 2.46. The van der Waals surface area contributed by atoms with Gasteiger partial charge in [-0.3, -0.25) is 4.68 Å². The van der Waals surface area contributed by atoms with E-state index in [0.29, 0.717) is 6.04 Å². The number of thioether (sulfide) groups is 1. The minimum Gasteiger partial charge on any atom is -0.313 e. The second-order valence-corrected chi connectivity index (χ2v) is 5.60. The van der Waals surface area contributed by atoms with E-state index in [-0.39, 0.29) is 0 Å². The highest BCUT2D eigenvalue weighted by Gasteiger charge is 2.09. The molecule has 0 fully saturated rings. The van der Waals surface area contributed by atoms with Crippen molar-refractivity contribution in [2.75, 3.05) is 18.1 Å². The van der Waals surface area contributed by atoms with Gasteiger partial charge in [-0.2, -0.15) is 16.9 Å². The van der Waals surface area contributed by atoms with E-state index in [1.54, 1.807) is 0 Å². The predicted octanol–water partition coefficient (Wildman–Crippen LogP) is 2.47. The Morgan fingerprint density at radius 1 is 1.41 bits per heavy atom. The molecular formula is C13H25N3S. The molecule has 0 aliphatic heterocycles. The number of nitrogens with one attached hydrogen (secondary N) is 1. The minimum absolute atomic E-state index is 0.579. The molecule has 1 rings (SSSR count). The lowest BCUT2D eigenvalue weighted by atomic mass is 10.1. The average molecular weight is 255 g/mol. The molecule has 1 N–H and O–H groups in total. The fourth-order valence-corrected chi connectivity index (χ4v) is 2.75. The number of rotatable bonds is 9. The van der Waals surface area contributed by atoms with E-state index in [2.05, 4.69) is 30.5 Å². The molecule has 0 amide bonds. The summed E-state index contributed by atoms with van der Waals surface area (Å²) < 4.78 is 1.88. The van der Waals surface area contributed by atoms with Gasteiger partial charge in [0.15, 0.2) is 0 Å². The van der Waals surface area contributed by atoms with Crippen LogP contribution in [0, 0.1) is 0 Å². The molecule has 0 spiro atoms. The van der Waals surface area contributed by atoms with Crippen LogP contribution >= 0.6 is 11.8 Å². The van der Waals surface area contributed by atoms with E-state index in [0.717, 1.165) is 13.0 Å². The molecule has 4 heteroatoms. The van der Waals surface area contributed by atoms with E-state index in [1.165, 1.54) is 29.9 Å². The van der Waals surface area contributed by atoms with Gasteiger partial charge in [0.1, 0.15) is 0 Å². The van der Waals surface area contributed by atoms with Gasteiger partial charge in [0.25, 0.3) is 0 Å². The summed E-state index contributed by atoms with van der Waals surface area (Å²) in [6, 6.07) is 0.579. The standard InChI is InChI=1S/C13H25N3S/c1-4-6-14-13(11-17-7-5-2)8-12-9-15-16(3)10-12/h9-10,13-14H,4-8,11H2,1-3H3. The molecule has 1 unspecified atom stereocenters. The van der Waals surface area contributed by atoms with Gasteiger partial charge >= 0.3 is 0 Å². The van der Waals surface area contributed by atoms with Crippen LogP contribution in [0.4, 0.5) is 0 Å². The summed E-state index contributed by atoms with van der Waals surface area (Å²) in [6.45, 7) is 5.56. The lowest BCUT2D eigenvalue weighted by Crippen LogP contribution is -2.34. The SMILES string of the molecule is CCCNC(CSCCC)Cc1cnn(C)c1. The fourth-order valence-electron chi connectivity index (χ4n) is 1.77. The van der Waals surface area contributed by atoms with Crippen LogP contribution in [0.3, 0.4) is 0 Å². The van der Waals surface area contributed by atoms with Crippen LogP contribution in [0.2, 0.25) is 0 Å². The summed E-state index contributed by atoms with van der Waals surface area (Å²) in [6.07, 6.45) is 7.64. The van der Waals surface area contributed by atoms with Crippen molar-refractivity contribution >= 4 is 11.8 Å².